The molecule has 2 rings (SSSR count). The molecule has 0 saturated carbocycles. The number of cyclic esters (lactones) is 1. The van der Waals surface area contributed by atoms with Gasteiger partial charge in [-0.2, -0.15) is 0 Å². The minimum atomic E-state index is -0.383. The van der Waals surface area contributed by atoms with E-state index in [-0.39, 0.29) is 36.5 Å². The van der Waals surface area contributed by atoms with Gasteiger partial charge in [0, 0.05) is 5.57 Å². The average molecular weight is 607 g/mol. The molecule has 0 aliphatic carbocycles. The summed E-state index contributed by atoms with van der Waals surface area (Å²) in [4.78, 5) is 11.6. The van der Waals surface area contributed by atoms with Gasteiger partial charge in [0.1, 0.15) is 6.10 Å². The molecule has 2 aliphatic rings. The van der Waals surface area contributed by atoms with Crippen LogP contribution in [0.4, 0.5) is 0 Å². The number of esters is 1. The Kier molecular flexibility index (Phi) is 22.5. The van der Waals surface area contributed by atoms with Gasteiger partial charge in [-0.1, -0.05) is 148 Å². The lowest BCUT2D eigenvalue weighted by atomic mass is 10.00. The summed E-state index contributed by atoms with van der Waals surface area (Å²) in [5.74, 6) is -0.110. The Hall–Kier alpha value is -0.910. The van der Waals surface area contributed by atoms with Gasteiger partial charge < -0.3 is 19.7 Å². The molecular formula is C38H70O5. The van der Waals surface area contributed by atoms with Crippen LogP contribution in [-0.2, 0) is 14.3 Å². The molecule has 0 aromatic heterocycles. The summed E-state index contributed by atoms with van der Waals surface area (Å²) >= 11 is 0. The van der Waals surface area contributed by atoms with Gasteiger partial charge in [0.05, 0.1) is 24.4 Å². The third-order valence-corrected chi connectivity index (χ3v) is 9.73. The molecular weight excluding hydrogens is 536 g/mol. The molecule has 0 radical (unpaired) electrons. The fourth-order valence-corrected chi connectivity index (χ4v) is 6.90. The van der Waals surface area contributed by atoms with E-state index in [1.807, 2.05) is 13.0 Å². The van der Waals surface area contributed by atoms with Gasteiger partial charge in [-0.3, -0.25) is 0 Å². The van der Waals surface area contributed by atoms with Crippen molar-refractivity contribution in [2.24, 2.45) is 0 Å². The third kappa shape index (κ3) is 18.6. The highest BCUT2D eigenvalue weighted by Gasteiger charge is 2.34. The zero-order valence-electron chi connectivity index (χ0n) is 28.4. The van der Waals surface area contributed by atoms with Crippen molar-refractivity contribution >= 4 is 5.97 Å². The number of ether oxygens (including phenoxy) is 2. The average Bonchev–Trinajstić information content (AvgIpc) is 3.62. The molecule has 0 bridgehead atoms. The van der Waals surface area contributed by atoms with Crippen LogP contribution < -0.4 is 0 Å². The zero-order chi connectivity index (χ0) is 31.0. The van der Waals surface area contributed by atoms with Crippen molar-refractivity contribution in [3.05, 3.63) is 11.6 Å². The lowest BCUT2D eigenvalue weighted by molar-refractivity contribution is -0.139. The summed E-state index contributed by atoms with van der Waals surface area (Å²) < 4.78 is 11.3. The fraction of sp³-hybridized carbons (Fsp3) is 0.921. The van der Waals surface area contributed by atoms with Crippen LogP contribution in [0.5, 0.6) is 0 Å². The standard InChI is InChI=1S/C38H70O5/c1-3-4-5-6-7-8-11-15-18-21-24-27-34(39)36-29-30-37(43-36)35(40)28-25-22-19-16-13-10-9-12-14-17-20-23-26-33-31-32(2)42-38(33)41/h31-32,34-37,39-40H,3-30H2,1-2H3. The molecule has 0 spiro atoms. The molecule has 5 heteroatoms. The van der Waals surface area contributed by atoms with E-state index in [1.165, 1.54) is 128 Å². The first kappa shape index (κ1) is 38.3. The van der Waals surface area contributed by atoms with Gasteiger partial charge in [0.15, 0.2) is 0 Å². The van der Waals surface area contributed by atoms with Crippen LogP contribution in [0.2, 0.25) is 0 Å². The van der Waals surface area contributed by atoms with Crippen LogP contribution in [-0.4, -0.2) is 46.7 Å². The lowest BCUT2D eigenvalue weighted by Gasteiger charge is -2.22. The second-order valence-corrected chi connectivity index (χ2v) is 13.8. The predicted molar refractivity (Wildman–Crippen MR) is 179 cm³/mol. The first-order valence-corrected chi connectivity index (χ1v) is 18.9. The minimum Gasteiger partial charge on any atom is -0.455 e. The fourth-order valence-electron chi connectivity index (χ4n) is 6.90. The Labute approximate surface area is 266 Å². The van der Waals surface area contributed by atoms with Crippen molar-refractivity contribution in [2.75, 3.05) is 0 Å². The Balaban J connectivity index is 1.32. The van der Waals surface area contributed by atoms with Crippen LogP contribution in [0.25, 0.3) is 0 Å². The Morgan fingerprint density at radius 2 is 1.00 bits per heavy atom. The Morgan fingerprint density at radius 1 is 0.628 bits per heavy atom. The zero-order valence-corrected chi connectivity index (χ0v) is 28.4. The second kappa shape index (κ2) is 25.3. The van der Waals surface area contributed by atoms with Crippen LogP contribution in [0.1, 0.15) is 194 Å². The second-order valence-electron chi connectivity index (χ2n) is 13.8. The van der Waals surface area contributed by atoms with Crippen molar-refractivity contribution in [1.29, 1.82) is 0 Å². The molecule has 0 amide bonds. The summed E-state index contributed by atoms with van der Waals surface area (Å²) in [5.41, 5.74) is 0.877. The van der Waals surface area contributed by atoms with Crippen LogP contribution in [0.15, 0.2) is 11.6 Å². The summed E-state index contributed by atoms with van der Waals surface area (Å²) in [7, 11) is 0. The summed E-state index contributed by atoms with van der Waals surface area (Å²) in [6.45, 7) is 4.19. The maximum atomic E-state index is 11.6. The third-order valence-electron chi connectivity index (χ3n) is 9.73. The van der Waals surface area contributed by atoms with Gasteiger partial charge >= 0.3 is 5.97 Å². The number of hydrogen-bond acceptors (Lipinski definition) is 5. The van der Waals surface area contributed by atoms with E-state index >= 15 is 0 Å². The quantitative estimate of drug-likeness (QED) is 0.0654. The SMILES string of the molecule is CCCCCCCCCCCCCC(O)C1CCC(C(O)CCCCCCCCCCCCCCC2=CC(C)OC2=O)O1. The van der Waals surface area contributed by atoms with Gasteiger partial charge in [-0.05, 0) is 51.5 Å². The maximum Gasteiger partial charge on any atom is 0.334 e. The molecule has 2 aliphatic heterocycles. The molecule has 5 atom stereocenters. The first-order valence-electron chi connectivity index (χ1n) is 18.9. The number of aliphatic hydroxyl groups is 2. The summed E-state index contributed by atoms with van der Waals surface area (Å²) in [6, 6.07) is 0. The van der Waals surface area contributed by atoms with Crippen molar-refractivity contribution in [1.82, 2.24) is 0 Å². The largest absolute Gasteiger partial charge is 0.455 e. The molecule has 5 nitrogen and oxygen atoms in total. The van der Waals surface area contributed by atoms with Gasteiger partial charge in [0.25, 0.3) is 0 Å². The number of unbranched alkanes of at least 4 members (excludes halogenated alkanes) is 21. The summed E-state index contributed by atoms with van der Waals surface area (Å²) in [6.07, 6.45) is 34.9. The molecule has 1 saturated heterocycles. The minimum absolute atomic E-state index is 0.0388. The highest BCUT2D eigenvalue weighted by molar-refractivity contribution is 5.90. The first-order chi connectivity index (χ1) is 21.0. The Morgan fingerprint density at radius 3 is 1.37 bits per heavy atom. The van der Waals surface area contributed by atoms with E-state index in [4.69, 9.17) is 9.47 Å². The molecule has 0 aromatic rings. The number of carbonyl (C=O) groups excluding carboxylic acids is 1. The van der Waals surface area contributed by atoms with Crippen molar-refractivity contribution in [2.45, 2.75) is 224 Å². The van der Waals surface area contributed by atoms with Gasteiger partial charge in [0.2, 0.25) is 0 Å². The highest BCUT2D eigenvalue weighted by Crippen LogP contribution is 2.28. The van der Waals surface area contributed by atoms with Crippen LogP contribution >= 0.6 is 0 Å². The van der Waals surface area contributed by atoms with E-state index in [1.54, 1.807) is 0 Å². The number of aliphatic hydroxyl groups excluding tert-OH is 2. The molecule has 0 aromatic carbocycles. The topological polar surface area (TPSA) is 76.0 Å². The highest BCUT2D eigenvalue weighted by atomic mass is 16.5. The molecule has 5 unspecified atom stereocenters. The molecule has 2 N–H and O–H groups in total. The molecule has 43 heavy (non-hydrogen) atoms. The maximum absolute atomic E-state index is 11.6. The molecule has 252 valence electrons. The van der Waals surface area contributed by atoms with E-state index < -0.39 is 0 Å². The van der Waals surface area contributed by atoms with Gasteiger partial charge in [-0.15, -0.1) is 0 Å². The van der Waals surface area contributed by atoms with Crippen LogP contribution in [0, 0.1) is 0 Å². The predicted octanol–water partition coefficient (Wildman–Crippen LogP) is 10.3. The van der Waals surface area contributed by atoms with Crippen molar-refractivity contribution in [3.8, 4) is 0 Å². The van der Waals surface area contributed by atoms with Crippen LogP contribution in [0.3, 0.4) is 0 Å². The Bertz CT molecular complexity index is 706. The van der Waals surface area contributed by atoms with E-state index in [2.05, 4.69) is 6.92 Å². The lowest BCUT2D eigenvalue weighted by Crippen LogP contribution is -2.31. The monoisotopic (exact) mass is 607 g/mol. The molecule has 2 heterocycles. The van der Waals surface area contributed by atoms with E-state index in [0.717, 1.165) is 56.9 Å². The number of carbonyl (C=O) groups is 1. The van der Waals surface area contributed by atoms with Gasteiger partial charge in [-0.25, -0.2) is 4.79 Å². The van der Waals surface area contributed by atoms with E-state index in [9.17, 15) is 15.0 Å². The molecule has 1 fully saturated rings. The van der Waals surface area contributed by atoms with Crippen molar-refractivity contribution in [3.63, 3.8) is 0 Å². The smallest absolute Gasteiger partial charge is 0.334 e. The van der Waals surface area contributed by atoms with Crippen molar-refractivity contribution < 1.29 is 24.5 Å². The normalized spacial score (nSPS) is 21.7. The summed E-state index contributed by atoms with van der Waals surface area (Å²) in [5, 5.41) is 21.3. The number of rotatable bonds is 29. The van der Waals surface area contributed by atoms with E-state index in [0.29, 0.717) is 0 Å². The number of hydrogen-bond donors (Lipinski definition) is 2.